The van der Waals surface area contributed by atoms with Gasteiger partial charge < -0.3 is 4.74 Å². The zero-order valence-electron chi connectivity index (χ0n) is 14.0. The highest BCUT2D eigenvalue weighted by atomic mass is 16.5. The van der Waals surface area contributed by atoms with E-state index in [1.807, 2.05) is 43.3 Å². The molecule has 0 unspecified atom stereocenters. The van der Waals surface area contributed by atoms with Crippen molar-refractivity contribution >= 4 is 11.9 Å². The van der Waals surface area contributed by atoms with Gasteiger partial charge in [-0.2, -0.15) is 5.10 Å². The fraction of sp³-hybridized carbons (Fsp3) is 0.0909. The predicted octanol–water partition coefficient (Wildman–Crippen LogP) is 4.94. The van der Waals surface area contributed by atoms with Crippen LogP contribution >= 0.6 is 0 Å². The summed E-state index contributed by atoms with van der Waals surface area (Å²) in [5.41, 5.74) is 6.51. The largest absolute Gasteiger partial charge is 0.493 e. The molecule has 3 nitrogen and oxygen atoms in total. The van der Waals surface area contributed by atoms with Gasteiger partial charge in [0.2, 0.25) is 0 Å². The number of fused-ring (bicyclic) bond motifs is 3. The maximum Gasteiger partial charge on any atom is 0.128 e. The summed E-state index contributed by atoms with van der Waals surface area (Å²) < 4.78 is 5.63. The SMILES string of the molecule is CCOc1ccccc1/C=N\N=C1c2ccccc2-c2ccccc21. The van der Waals surface area contributed by atoms with Crippen LogP contribution in [-0.4, -0.2) is 18.5 Å². The third-order valence-electron chi connectivity index (χ3n) is 4.23. The van der Waals surface area contributed by atoms with E-state index in [1.54, 1.807) is 6.21 Å². The molecule has 122 valence electrons. The van der Waals surface area contributed by atoms with E-state index in [9.17, 15) is 0 Å². The van der Waals surface area contributed by atoms with E-state index < -0.39 is 0 Å². The van der Waals surface area contributed by atoms with Crippen LogP contribution in [0.5, 0.6) is 5.75 Å². The minimum atomic E-state index is 0.625. The summed E-state index contributed by atoms with van der Waals surface area (Å²) in [6.07, 6.45) is 1.75. The highest BCUT2D eigenvalue weighted by Crippen LogP contribution is 2.36. The molecule has 4 rings (SSSR count). The van der Waals surface area contributed by atoms with Gasteiger partial charge in [0, 0.05) is 16.7 Å². The molecule has 0 spiro atoms. The predicted molar refractivity (Wildman–Crippen MR) is 103 cm³/mol. The van der Waals surface area contributed by atoms with E-state index in [-0.39, 0.29) is 0 Å². The molecule has 0 amide bonds. The summed E-state index contributed by atoms with van der Waals surface area (Å²) in [5.74, 6) is 0.821. The molecule has 0 saturated heterocycles. The van der Waals surface area contributed by atoms with Crippen LogP contribution in [0.3, 0.4) is 0 Å². The van der Waals surface area contributed by atoms with E-state index in [2.05, 4.69) is 46.6 Å². The van der Waals surface area contributed by atoms with Gasteiger partial charge >= 0.3 is 0 Å². The van der Waals surface area contributed by atoms with Gasteiger partial charge in [0.25, 0.3) is 0 Å². The molecule has 0 aliphatic heterocycles. The quantitative estimate of drug-likeness (QED) is 0.386. The first kappa shape index (κ1) is 15.3. The van der Waals surface area contributed by atoms with Crippen molar-refractivity contribution in [2.75, 3.05) is 6.61 Å². The van der Waals surface area contributed by atoms with E-state index in [0.29, 0.717) is 6.61 Å². The summed E-state index contributed by atoms with van der Waals surface area (Å²) in [6, 6.07) is 24.5. The van der Waals surface area contributed by atoms with Crippen LogP contribution in [0.1, 0.15) is 23.6 Å². The fourth-order valence-electron chi connectivity index (χ4n) is 3.12. The molecule has 1 aliphatic rings. The molecule has 0 fully saturated rings. The first-order valence-electron chi connectivity index (χ1n) is 8.40. The molecule has 0 N–H and O–H groups in total. The van der Waals surface area contributed by atoms with Crippen molar-refractivity contribution in [2.45, 2.75) is 6.92 Å². The fourth-order valence-corrected chi connectivity index (χ4v) is 3.12. The number of benzene rings is 3. The second kappa shape index (κ2) is 6.73. The lowest BCUT2D eigenvalue weighted by molar-refractivity contribution is 0.340. The Labute approximate surface area is 147 Å². The molecule has 3 aromatic rings. The van der Waals surface area contributed by atoms with Gasteiger partial charge in [-0.15, -0.1) is 5.10 Å². The third kappa shape index (κ3) is 2.85. The molecule has 3 aromatic carbocycles. The molecule has 1 aliphatic carbocycles. The van der Waals surface area contributed by atoms with Crippen molar-refractivity contribution in [1.82, 2.24) is 0 Å². The van der Waals surface area contributed by atoms with Gasteiger partial charge in [0.1, 0.15) is 11.5 Å². The van der Waals surface area contributed by atoms with Crippen LogP contribution in [0, 0.1) is 0 Å². The summed E-state index contributed by atoms with van der Waals surface area (Å²) in [4.78, 5) is 0. The Balaban J connectivity index is 1.73. The summed E-state index contributed by atoms with van der Waals surface area (Å²) in [7, 11) is 0. The molecule has 0 heterocycles. The molecule has 0 radical (unpaired) electrons. The van der Waals surface area contributed by atoms with Crippen LogP contribution < -0.4 is 4.74 Å². The minimum absolute atomic E-state index is 0.625. The molecule has 0 bridgehead atoms. The maximum absolute atomic E-state index is 5.63. The van der Waals surface area contributed by atoms with Crippen molar-refractivity contribution in [2.24, 2.45) is 10.2 Å². The van der Waals surface area contributed by atoms with Gasteiger partial charge in [-0.1, -0.05) is 60.7 Å². The average molecular weight is 326 g/mol. The highest BCUT2D eigenvalue weighted by molar-refractivity contribution is 6.24. The maximum atomic E-state index is 5.63. The number of ether oxygens (including phenoxy) is 1. The van der Waals surface area contributed by atoms with E-state index in [4.69, 9.17) is 4.74 Å². The third-order valence-corrected chi connectivity index (χ3v) is 4.23. The topological polar surface area (TPSA) is 34.0 Å². The Hall–Kier alpha value is -3.20. The lowest BCUT2D eigenvalue weighted by Gasteiger charge is -2.05. The van der Waals surface area contributed by atoms with Crippen molar-refractivity contribution in [3.05, 3.63) is 89.5 Å². The van der Waals surface area contributed by atoms with E-state index in [1.165, 1.54) is 11.1 Å². The van der Waals surface area contributed by atoms with Gasteiger partial charge in [0.05, 0.1) is 12.8 Å². The highest BCUT2D eigenvalue weighted by Gasteiger charge is 2.23. The van der Waals surface area contributed by atoms with Crippen molar-refractivity contribution in [1.29, 1.82) is 0 Å². The smallest absolute Gasteiger partial charge is 0.128 e. The molecule has 0 aromatic heterocycles. The number of hydrogen-bond acceptors (Lipinski definition) is 3. The van der Waals surface area contributed by atoms with Gasteiger partial charge in [-0.25, -0.2) is 0 Å². The summed E-state index contributed by atoms with van der Waals surface area (Å²) >= 11 is 0. The molecule has 3 heteroatoms. The zero-order valence-corrected chi connectivity index (χ0v) is 14.0. The van der Waals surface area contributed by atoms with Gasteiger partial charge in [-0.3, -0.25) is 0 Å². The van der Waals surface area contributed by atoms with Crippen molar-refractivity contribution in [3.63, 3.8) is 0 Å². The molecule has 0 atom stereocenters. The number of hydrogen-bond donors (Lipinski definition) is 0. The Kier molecular flexibility index (Phi) is 4.13. The van der Waals surface area contributed by atoms with Crippen LogP contribution in [0.4, 0.5) is 0 Å². The first-order valence-corrected chi connectivity index (χ1v) is 8.40. The number of para-hydroxylation sites is 1. The summed E-state index contributed by atoms with van der Waals surface area (Å²) in [6.45, 7) is 2.60. The molecular weight excluding hydrogens is 308 g/mol. The number of nitrogens with zero attached hydrogens (tertiary/aromatic N) is 2. The standard InChI is InChI=1S/C22H18N2O/c1-2-25-21-14-8-3-9-16(21)15-23-24-22-19-12-6-4-10-17(19)18-11-5-7-13-20(18)22/h3-15H,2H2,1H3/b23-15-. The van der Waals surface area contributed by atoms with Crippen LogP contribution in [0.2, 0.25) is 0 Å². The monoisotopic (exact) mass is 326 g/mol. The van der Waals surface area contributed by atoms with Crippen LogP contribution in [0.25, 0.3) is 11.1 Å². The second-order valence-electron chi connectivity index (χ2n) is 5.76. The zero-order chi connectivity index (χ0) is 17.1. The van der Waals surface area contributed by atoms with Gasteiger partial charge in [-0.05, 0) is 30.2 Å². The van der Waals surface area contributed by atoms with E-state index >= 15 is 0 Å². The Morgan fingerprint density at radius 2 is 1.32 bits per heavy atom. The van der Waals surface area contributed by atoms with Crippen molar-refractivity contribution in [3.8, 4) is 16.9 Å². The average Bonchev–Trinajstić information content (AvgIpc) is 2.98. The molecule has 25 heavy (non-hydrogen) atoms. The lowest BCUT2D eigenvalue weighted by Crippen LogP contribution is -1.98. The molecular formula is C22H18N2O. The molecule has 0 saturated carbocycles. The first-order chi connectivity index (χ1) is 12.4. The van der Waals surface area contributed by atoms with Gasteiger partial charge in [0.15, 0.2) is 0 Å². The Morgan fingerprint density at radius 1 is 0.760 bits per heavy atom. The van der Waals surface area contributed by atoms with Crippen molar-refractivity contribution < 1.29 is 4.74 Å². The van der Waals surface area contributed by atoms with E-state index in [0.717, 1.165) is 28.2 Å². The Morgan fingerprint density at radius 3 is 1.96 bits per heavy atom. The summed E-state index contributed by atoms with van der Waals surface area (Å²) in [5, 5.41) is 8.88. The van der Waals surface area contributed by atoms with Crippen LogP contribution in [-0.2, 0) is 0 Å². The lowest BCUT2D eigenvalue weighted by atomic mass is 10.1. The minimum Gasteiger partial charge on any atom is -0.493 e. The number of rotatable bonds is 4. The normalized spacial score (nSPS) is 12.1. The van der Waals surface area contributed by atoms with Crippen LogP contribution in [0.15, 0.2) is 83.0 Å². The second-order valence-corrected chi connectivity index (χ2v) is 5.76. The Bertz CT molecular complexity index is 926.